The van der Waals surface area contributed by atoms with Gasteiger partial charge in [-0.2, -0.15) is 0 Å². The van der Waals surface area contributed by atoms with Crippen LogP contribution in [0.5, 0.6) is 0 Å². The Kier molecular flexibility index (Phi) is 4.30. The van der Waals surface area contributed by atoms with Gasteiger partial charge < -0.3 is 10.4 Å². The molecule has 0 radical (unpaired) electrons. The van der Waals surface area contributed by atoms with Crippen LogP contribution in [0, 0.1) is 12.7 Å². The van der Waals surface area contributed by atoms with Gasteiger partial charge in [0, 0.05) is 18.4 Å². The summed E-state index contributed by atoms with van der Waals surface area (Å²) in [4.78, 5) is 15.0. The maximum atomic E-state index is 13.5. The second-order valence-electron chi connectivity index (χ2n) is 4.44. The Labute approximate surface area is 116 Å². The number of carboxylic acids is 1. The summed E-state index contributed by atoms with van der Waals surface area (Å²) in [5, 5.41) is 12.1. The van der Waals surface area contributed by atoms with Crippen molar-refractivity contribution in [3.8, 4) is 0 Å². The number of carboxylic acid groups (broad SMARTS) is 1. The number of halogens is 1. The SMILES string of the molecule is Cc1cc(NCCc2ccccc2F)c(C(=O)O)cn1. The molecule has 0 unspecified atom stereocenters. The number of aromatic carboxylic acids is 1. The van der Waals surface area contributed by atoms with Crippen LogP contribution in [0.3, 0.4) is 0 Å². The second kappa shape index (κ2) is 6.14. The molecule has 0 aliphatic rings. The summed E-state index contributed by atoms with van der Waals surface area (Å²) in [5.74, 6) is -1.29. The molecular formula is C15H15FN2O2. The van der Waals surface area contributed by atoms with Crippen LogP contribution >= 0.6 is 0 Å². The summed E-state index contributed by atoms with van der Waals surface area (Å²) in [6.45, 7) is 2.23. The lowest BCUT2D eigenvalue weighted by atomic mass is 10.1. The highest BCUT2D eigenvalue weighted by Crippen LogP contribution is 2.16. The van der Waals surface area contributed by atoms with Gasteiger partial charge in [0.1, 0.15) is 11.4 Å². The van der Waals surface area contributed by atoms with Gasteiger partial charge in [0.15, 0.2) is 0 Å². The third kappa shape index (κ3) is 3.32. The lowest BCUT2D eigenvalue weighted by Gasteiger charge is -2.10. The molecule has 0 amide bonds. The highest BCUT2D eigenvalue weighted by atomic mass is 19.1. The first-order chi connectivity index (χ1) is 9.58. The lowest BCUT2D eigenvalue weighted by molar-refractivity contribution is 0.0697. The zero-order chi connectivity index (χ0) is 14.5. The Balaban J connectivity index is 2.06. The standard InChI is InChI=1S/C15H15FN2O2/c1-10-8-14(12(9-18-10)15(19)20)17-7-6-11-4-2-3-5-13(11)16/h2-5,8-9H,6-7H2,1H3,(H,17,18)(H,19,20). The van der Waals surface area contributed by atoms with E-state index in [1.807, 2.05) is 0 Å². The van der Waals surface area contributed by atoms with E-state index in [1.54, 1.807) is 31.2 Å². The molecule has 0 aliphatic heterocycles. The number of anilines is 1. The molecule has 0 spiro atoms. The number of hydrogen-bond acceptors (Lipinski definition) is 3. The zero-order valence-corrected chi connectivity index (χ0v) is 11.1. The van der Waals surface area contributed by atoms with E-state index in [0.717, 1.165) is 5.69 Å². The molecule has 20 heavy (non-hydrogen) atoms. The fourth-order valence-corrected chi connectivity index (χ4v) is 1.91. The Morgan fingerprint density at radius 2 is 2.15 bits per heavy atom. The van der Waals surface area contributed by atoms with Gasteiger partial charge in [-0.3, -0.25) is 4.98 Å². The van der Waals surface area contributed by atoms with Crippen molar-refractivity contribution in [1.82, 2.24) is 4.98 Å². The molecule has 2 rings (SSSR count). The number of hydrogen-bond donors (Lipinski definition) is 2. The maximum absolute atomic E-state index is 13.5. The van der Waals surface area contributed by atoms with Gasteiger partial charge in [-0.25, -0.2) is 9.18 Å². The molecule has 0 bridgehead atoms. The normalized spacial score (nSPS) is 10.3. The smallest absolute Gasteiger partial charge is 0.339 e. The summed E-state index contributed by atoms with van der Waals surface area (Å²) in [5.41, 5.74) is 1.94. The summed E-state index contributed by atoms with van der Waals surface area (Å²) in [6.07, 6.45) is 1.80. The van der Waals surface area contributed by atoms with Crippen molar-refractivity contribution in [2.45, 2.75) is 13.3 Å². The van der Waals surface area contributed by atoms with Crippen molar-refractivity contribution in [2.75, 3.05) is 11.9 Å². The summed E-state index contributed by atoms with van der Waals surface area (Å²) in [6, 6.07) is 8.21. The van der Waals surface area contributed by atoms with Crippen molar-refractivity contribution in [2.24, 2.45) is 0 Å². The van der Waals surface area contributed by atoms with E-state index in [9.17, 15) is 9.18 Å². The van der Waals surface area contributed by atoms with Crippen molar-refractivity contribution < 1.29 is 14.3 Å². The number of aryl methyl sites for hydroxylation is 1. The molecule has 1 heterocycles. The Hall–Kier alpha value is -2.43. The average molecular weight is 274 g/mol. The number of benzene rings is 1. The number of pyridine rings is 1. The fourth-order valence-electron chi connectivity index (χ4n) is 1.91. The molecule has 0 saturated carbocycles. The quantitative estimate of drug-likeness (QED) is 0.880. The van der Waals surface area contributed by atoms with Crippen LogP contribution in [-0.2, 0) is 6.42 Å². The Morgan fingerprint density at radius 1 is 1.40 bits per heavy atom. The first-order valence-electron chi connectivity index (χ1n) is 6.25. The van der Waals surface area contributed by atoms with Gasteiger partial charge in [0.25, 0.3) is 0 Å². The minimum Gasteiger partial charge on any atom is -0.478 e. The highest BCUT2D eigenvalue weighted by Gasteiger charge is 2.10. The average Bonchev–Trinajstić information content (AvgIpc) is 2.41. The van der Waals surface area contributed by atoms with Gasteiger partial charge in [0.05, 0.1) is 5.69 Å². The zero-order valence-electron chi connectivity index (χ0n) is 11.1. The monoisotopic (exact) mass is 274 g/mol. The minimum absolute atomic E-state index is 0.115. The predicted octanol–water partition coefficient (Wildman–Crippen LogP) is 2.88. The van der Waals surface area contributed by atoms with Crippen LogP contribution in [0.15, 0.2) is 36.5 Å². The van der Waals surface area contributed by atoms with Crippen LogP contribution < -0.4 is 5.32 Å². The minimum atomic E-state index is -1.04. The molecule has 0 atom stereocenters. The predicted molar refractivity (Wildman–Crippen MR) is 74.5 cm³/mol. The molecule has 1 aromatic carbocycles. The van der Waals surface area contributed by atoms with Crippen molar-refractivity contribution in [3.05, 3.63) is 59.2 Å². The number of aromatic nitrogens is 1. The van der Waals surface area contributed by atoms with Gasteiger partial charge >= 0.3 is 5.97 Å². The number of rotatable bonds is 5. The van der Waals surface area contributed by atoms with Gasteiger partial charge in [-0.15, -0.1) is 0 Å². The fraction of sp³-hybridized carbons (Fsp3) is 0.200. The molecule has 0 saturated heterocycles. The number of nitrogens with zero attached hydrogens (tertiary/aromatic N) is 1. The largest absolute Gasteiger partial charge is 0.478 e. The first kappa shape index (κ1) is 14.0. The molecule has 104 valence electrons. The third-order valence-electron chi connectivity index (χ3n) is 2.94. The molecule has 4 nitrogen and oxygen atoms in total. The molecule has 5 heteroatoms. The first-order valence-corrected chi connectivity index (χ1v) is 6.25. The summed E-state index contributed by atoms with van der Waals surface area (Å²) >= 11 is 0. The van der Waals surface area contributed by atoms with Crippen molar-refractivity contribution in [3.63, 3.8) is 0 Å². The van der Waals surface area contributed by atoms with E-state index in [-0.39, 0.29) is 11.4 Å². The van der Waals surface area contributed by atoms with Gasteiger partial charge in [0.2, 0.25) is 0 Å². The molecule has 2 aromatic rings. The van der Waals surface area contributed by atoms with Crippen LogP contribution in [0.1, 0.15) is 21.6 Å². The van der Waals surface area contributed by atoms with Crippen molar-refractivity contribution in [1.29, 1.82) is 0 Å². The second-order valence-corrected chi connectivity index (χ2v) is 4.44. The lowest BCUT2D eigenvalue weighted by Crippen LogP contribution is -2.11. The maximum Gasteiger partial charge on any atom is 0.339 e. The van der Waals surface area contributed by atoms with Crippen LogP contribution in [0.4, 0.5) is 10.1 Å². The van der Waals surface area contributed by atoms with Gasteiger partial charge in [-0.05, 0) is 31.0 Å². The van der Waals surface area contributed by atoms with E-state index in [4.69, 9.17) is 5.11 Å². The topological polar surface area (TPSA) is 62.2 Å². The molecule has 1 aromatic heterocycles. The molecule has 0 aliphatic carbocycles. The van der Waals surface area contributed by atoms with Crippen LogP contribution in [-0.4, -0.2) is 22.6 Å². The van der Waals surface area contributed by atoms with Gasteiger partial charge in [-0.1, -0.05) is 18.2 Å². The van der Waals surface area contributed by atoms with Crippen LogP contribution in [0.25, 0.3) is 0 Å². The van der Waals surface area contributed by atoms with E-state index < -0.39 is 5.97 Å². The highest BCUT2D eigenvalue weighted by molar-refractivity contribution is 5.93. The molecular weight excluding hydrogens is 259 g/mol. The Bertz CT molecular complexity index is 629. The van der Waals surface area contributed by atoms with E-state index in [1.165, 1.54) is 12.3 Å². The number of nitrogens with one attached hydrogen (secondary N) is 1. The molecule has 0 fully saturated rings. The summed E-state index contributed by atoms with van der Waals surface area (Å²) in [7, 11) is 0. The molecule has 2 N–H and O–H groups in total. The Morgan fingerprint density at radius 3 is 2.85 bits per heavy atom. The van der Waals surface area contributed by atoms with E-state index in [2.05, 4.69) is 10.3 Å². The third-order valence-corrected chi connectivity index (χ3v) is 2.94. The summed E-state index contributed by atoms with van der Waals surface area (Å²) < 4.78 is 13.5. The van der Waals surface area contributed by atoms with E-state index >= 15 is 0 Å². The number of carbonyl (C=O) groups is 1. The van der Waals surface area contributed by atoms with Crippen molar-refractivity contribution >= 4 is 11.7 Å². The van der Waals surface area contributed by atoms with E-state index in [0.29, 0.717) is 24.2 Å². The van der Waals surface area contributed by atoms with Crippen LogP contribution in [0.2, 0.25) is 0 Å².